The molecule has 2 aromatic heterocycles. The number of hydrogen-bond acceptors (Lipinski definition) is 4. The van der Waals surface area contributed by atoms with Crippen molar-refractivity contribution in [3.05, 3.63) is 71.4 Å². The van der Waals surface area contributed by atoms with Crippen molar-refractivity contribution in [2.24, 2.45) is 0 Å². The summed E-state index contributed by atoms with van der Waals surface area (Å²) in [6.07, 6.45) is 0. The highest BCUT2D eigenvalue weighted by atomic mass is 35.5. The number of halogens is 1. The van der Waals surface area contributed by atoms with Gasteiger partial charge in [-0.2, -0.15) is 5.26 Å². The minimum atomic E-state index is 0.345. The average molecular weight is 347 g/mol. The van der Waals surface area contributed by atoms with Gasteiger partial charge in [0.05, 0.1) is 5.52 Å². The number of hydrogen-bond donors (Lipinski definition) is 1. The molecule has 0 bridgehead atoms. The van der Waals surface area contributed by atoms with E-state index in [0.29, 0.717) is 33.7 Å². The Morgan fingerprint density at radius 2 is 1.56 bits per heavy atom. The molecule has 120 valence electrons. The first-order chi connectivity index (χ1) is 12.2. The molecule has 0 amide bonds. The van der Waals surface area contributed by atoms with Crippen LogP contribution >= 0.6 is 11.6 Å². The Hall–Kier alpha value is -3.36. The smallest absolute Gasteiger partial charge is 0.179 e. The van der Waals surface area contributed by atoms with Crippen molar-refractivity contribution in [3.63, 3.8) is 0 Å². The third-order valence-corrected chi connectivity index (χ3v) is 3.89. The quantitative estimate of drug-likeness (QED) is 0.570. The summed E-state index contributed by atoms with van der Waals surface area (Å²) in [4.78, 5) is 11.8. The number of nitrogens with zero attached hydrogens (tertiary/aromatic N) is 3. The van der Waals surface area contributed by atoms with Crippen molar-refractivity contribution in [2.45, 2.75) is 0 Å². The molecule has 0 saturated carbocycles. The summed E-state index contributed by atoms with van der Waals surface area (Å²) in [6.45, 7) is 0. The third-order valence-electron chi connectivity index (χ3n) is 3.64. The average Bonchev–Trinajstić information content (AvgIpc) is 3.07. The molecule has 6 heteroatoms. The largest absolute Gasteiger partial charge is 0.457 e. The van der Waals surface area contributed by atoms with E-state index in [1.54, 1.807) is 24.3 Å². The van der Waals surface area contributed by atoms with Crippen LogP contribution in [0, 0.1) is 11.3 Å². The lowest BCUT2D eigenvalue weighted by Gasteiger charge is -2.06. The van der Waals surface area contributed by atoms with Crippen LogP contribution in [0.1, 0.15) is 5.69 Å². The summed E-state index contributed by atoms with van der Waals surface area (Å²) in [5.74, 6) is 2.12. The topological polar surface area (TPSA) is 74.6 Å². The van der Waals surface area contributed by atoms with Gasteiger partial charge in [-0.15, -0.1) is 0 Å². The number of rotatable bonds is 3. The second kappa shape index (κ2) is 6.27. The molecular formula is C19H11ClN4O. The maximum atomic E-state index is 8.92. The van der Waals surface area contributed by atoms with Crippen LogP contribution in [0.5, 0.6) is 11.5 Å². The molecule has 0 fully saturated rings. The second-order valence-corrected chi connectivity index (χ2v) is 5.78. The van der Waals surface area contributed by atoms with Crippen LogP contribution in [-0.2, 0) is 0 Å². The van der Waals surface area contributed by atoms with Crippen molar-refractivity contribution in [3.8, 4) is 29.0 Å². The number of pyridine rings is 1. The van der Waals surface area contributed by atoms with Crippen LogP contribution in [0.2, 0.25) is 5.02 Å². The lowest BCUT2D eigenvalue weighted by atomic mass is 10.2. The predicted molar refractivity (Wildman–Crippen MR) is 95.6 cm³/mol. The number of nitriles is 1. The lowest BCUT2D eigenvalue weighted by Crippen LogP contribution is -1.85. The number of aromatic nitrogens is 3. The Labute approximate surface area is 148 Å². The number of benzene rings is 2. The highest BCUT2D eigenvalue weighted by Gasteiger charge is 2.08. The van der Waals surface area contributed by atoms with E-state index in [1.165, 1.54) is 0 Å². The van der Waals surface area contributed by atoms with E-state index >= 15 is 0 Å². The van der Waals surface area contributed by atoms with Crippen molar-refractivity contribution in [1.82, 2.24) is 15.0 Å². The van der Waals surface area contributed by atoms with Crippen LogP contribution in [0.3, 0.4) is 0 Å². The molecule has 0 aliphatic carbocycles. The Morgan fingerprint density at radius 1 is 0.880 bits per heavy atom. The van der Waals surface area contributed by atoms with Crippen LogP contribution < -0.4 is 4.74 Å². The molecule has 5 nitrogen and oxygen atoms in total. The molecule has 2 aromatic carbocycles. The van der Waals surface area contributed by atoms with Crippen molar-refractivity contribution in [2.75, 3.05) is 0 Å². The minimum absolute atomic E-state index is 0.345. The number of H-pyrrole nitrogens is 1. The summed E-state index contributed by atoms with van der Waals surface area (Å²) in [7, 11) is 0. The van der Waals surface area contributed by atoms with Crippen LogP contribution in [0.4, 0.5) is 0 Å². The minimum Gasteiger partial charge on any atom is -0.457 e. The standard InChI is InChI=1S/C19H11ClN4O/c20-13-3-8-16(9-4-13)25-15-6-1-12(2-7-15)18-23-17-10-5-14(11-21)22-19(17)24-18/h1-10H,(H,22,23,24). The molecule has 0 radical (unpaired) electrons. The number of nitrogens with one attached hydrogen (secondary N) is 1. The highest BCUT2D eigenvalue weighted by molar-refractivity contribution is 6.30. The van der Waals surface area contributed by atoms with Gasteiger partial charge in [0.15, 0.2) is 5.65 Å². The zero-order valence-electron chi connectivity index (χ0n) is 12.9. The van der Waals surface area contributed by atoms with Gasteiger partial charge in [-0.25, -0.2) is 9.97 Å². The van der Waals surface area contributed by atoms with E-state index in [9.17, 15) is 0 Å². The van der Waals surface area contributed by atoms with Crippen molar-refractivity contribution >= 4 is 22.8 Å². The Kier molecular flexibility index (Phi) is 3.81. The molecule has 0 atom stereocenters. The van der Waals surface area contributed by atoms with Gasteiger partial charge in [0.2, 0.25) is 0 Å². The van der Waals surface area contributed by atoms with E-state index in [4.69, 9.17) is 21.6 Å². The predicted octanol–water partition coefficient (Wildman–Crippen LogP) is 4.94. The summed E-state index contributed by atoms with van der Waals surface area (Å²) >= 11 is 5.87. The molecule has 4 rings (SSSR count). The summed E-state index contributed by atoms with van der Waals surface area (Å²) < 4.78 is 5.78. The van der Waals surface area contributed by atoms with E-state index in [-0.39, 0.29) is 0 Å². The van der Waals surface area contributed by atoms with Gasteiger partial charge in [-0.3, -0.25) is 0 Å². The molecule has 0 unspecified atom stereocenters. The summed E-state index contributed by atoms with van der Waals surface area (Å²) in [6, 6.07) is 20.2. The van der Waals surface area contributed by atoms with Gasteiger partial charge in [0.25, 0.3) is 0 Å². The maximum absolute atomic E-state index is 8.92. The second-order valence-electron chi connectivity index (χ2n) is 5.35. The first-order valence-electron chi connectivity index (χ1n) is 7.52. The Morgan fingerprint density at radius 3 is 2.24 bits per heavy atom. The first kappa shape index (κ1) is 15.2. The number of ether oxygens (including phenoxy) is 1. The molecule has 4 aromatic rings. The number of fused-ring (bicyclic) bond motifs is 1. The zero-order valence-corrected chi connectivity index (χ0v) is 13.7. The zero-order chi connectivity index (χ0) is 17.2. The normalized spacial score (nSPS) is 10.6. The lowest BCUT2D eigenvalue weighted by molar-refractivity contribution is 0.483. The van der Waals surface area contributed by atoms with Gasteiger partial charge < -0.3 is 9.72 Å². The van der Waals surface area contributed by atoms with Crippen molar-refractivity contribution in [1.29, 1.82) is 5.26 Å². The van der Waals surface area contributed by atoms with Crippen molar-refractivity contribution < 1.29 is 4.74 Å². The van der Waals surface area contributed by atoms with Gasteiger partial charge in [-0.05, 0) is 60.7 Å². The fourth-order valence-electron chi connectivity index (χ4n) is 2.41. The fourth-order valence-corrected chi connectivity index (χ4v) is 2.54. The monoisotopic (exact) mass is 346 g/mol. The molecule has 0 spiro atoms. The molecule has 0 aliphatic rings. The third kappa shape index (κ3) is 3.16. The SMILES string of the molecule is N#Cc1ccc2[nH]c(-c3ccc(Oc4ccc(Cl)cc4)cc3)nc2n1. The highest BCUT2D eigenvalue weighted by Crippen LogP contribution is 2.26. The Balaban J connectivity index is 1.59. The molecule has 2 heterocycles. The molecule has 25 heavy (non-hydrogen) atoms. The molecular weight excluding hydrogens is 336 g/mol. The molecule has 1 N–H and O–H groups in total. The summed E-state index contributed by atoms with van der Waals surface area (Å²) in [5.41, 5.74) is 2.56. The van der Waals surface area contributed by atoms with Crippen LogP contribution in [-0.4, -0.2) is 15.0 Å². The van der Waals surface area contributed by atoms with E-state index < -0.39 is 0 Å². The first-order valence-corrected chi connectivity index (χ1v) is 7.90. The molecule has 0 aliphatic heterocycles. The van der Waals surface area contributed by atoms with Gasteiger partial charge in [-0.1, -0.05) is 11.6 Å². The fraction of sp³-hybridized carbons (Fsp3) is 0. The van der Waals surface area contributed by atoms with Crippen LogP contribution in [0.25, 0.3) is 22.6 Å². The van der Waals surface area contributed by atoms with Gasteiger partial charge in [0.1, 0.15) is 29.1 Å². The van der Waals surface area contributed by atoms with E-state index in [0.717, 1.165) is 11.1 Å². The molecule has 0 saturated heterocycles. The maximum Gasteiger partial charge on any atom is 0.179 e. The summed E-state index contributed by atoms with van der Waals surface area (Å²) in [5, 5.41) is 9.58. The van der Waals surface area contributed by atoms with E-state index in [2.05, 4.69) is 15.0 Å². The van der Waals surface area contributed by atoms with Gasteiger partial charge >= 0.3 is 0 Å². The number of imidazole rings is 1. The Bertz CT molecular complexity index is 1080. The number of aromatic amines is 1. The van der Waals surface area contributed by atoms with E-state index in [1.807, 2.05) is 42.5 Å². The van der Waals surface area contributed by atoms with Crippen LogP contribution in [0.15, 0.2) is 60.7 Å². The van der Waals surface area contributed by atoms with Gasteiger partial charge in [0, 0.05) is 10.6 Å².